The van der Waals surface area contributed by atoms with E-state index in [4.69, 9.17) is 4.99 Å². The van der Waals surface area contributed by atoms with Crippen LogP contribution >= 0.6 is 24.0 Å². The van der Waals surface area contributed by atoms with Crippen LogP contribution in [0.5, 0.6) is 0 Å². The average molecular weight is 484 g/mol. The Morgan fingerprint density at radius 3 is 2.41 bits per heavy atom. The summed E-state index contributed by atoms with van der Waals surface area (Å²) in [5, 5.41) is 3.37. The SMILES string of the molecule is CCNC(=NCCc1ccc(F)cc1)N1CCN(c2ncccn2)CC1.I. The molecule has 0 saturated carbocycles. The number of benzene rings is 1. The van der Waals surface area contributed by atoms with Crippen molar-refractivity contribution in [2.24, 2.45) is 4.99 Å². The molecule has 1 fully saturated rings. The van der Waals surface area contributed by atoms with E-state index < -0.39 is 0 Å². The highest BCUT2D eigenvalue weighted by Gasteiger charge is 2.20. The third-order valence-electron chi connectivity index (χ3n) is 4.32. The second kappa shape index (κ2) is 11.0. The number of nitrogens with one attached hydrogen (secondary N) is 1. The van der Waals surface area contributed by atoms with Gasteiger partial charge in [-0.05, 0) is 37.1 Å². The summed E-state index contributed by atoms with van der Waals surface area (Å²) in [4.78, 5) is 17.8. The second-order valence-electron chi connectivity index (χ2n) is 6.14. The van der Waals surface area contributed by atoms with E-state index in [1.54, 1.807) is 12.4 Å². The van der Waals surface area contributed by atoms with Crippen molar-refractivity contribution in [3.8, 4) is 0 Å². The number of piperazine rings is 1. The predicted octanol–water partition coefficient (Wildman–Crippen LogP) is 2.56. The van der Waals surface area contributed by atoms with Gasteiger partial charge in [0.25, 0.3) is 0 Å². The Morgan fingerprint density at radius 1 is 1.11 bits per heavy atom. The van der Waals surface area contributed by atoms with Crippen molar-refractivity contribution in [3.05, 3.63) is 54.1 Å². The van der Waals surface area contributed by atoms with Crippen molar-refractivity contribution < 1.29 is 4.39 Å². The Kier molecular flexibility index (Phi) is 8.70. The van der Waals surface area contributed by atoms with Crippen LogP contribution < -0.4 is 10.2 Å². The van der Waals surface area contributed by atoms with Gasteiger partial charge in [-0.1, -0.05) is 12.1 Å². The van der Waals surface area contributed by atoms with E-state index in [2.05, 4.69) is 32.0 Å². The largest absolute Gasteiger partial charge is 0.357 e. The fourth-order valence-electron chi connectivity index (χ4n) is 2.94. The average Bonchev–Trinajstić information content (AvgIpc) is 2.70. The maximum absolute atomic E-state index is 13.0. The van der Waals surface area contributed by atoms with Gasteiger partial charge >= 0.3 is 0 Å². The van der Waals surface area contributed by atoms with Crippen molar-refractivity contribution in [2.45, 2.75) is 13.3 Å². The Hall–Kier alpha value is -1.97. The van der Waals surface area contributed by atoms with Crippen LogP contribution in [0, 0.1) is 5.82 Å². The zero-order valence-corrected chi connectivity index (χ0v) is 17.8. The lowest BCUT2D eigenvalue weighted by Gasteiger charge is -2.36. The van der Waals surface area contributed by atoms with Gasteiger partial charge in [0.2, 0.25) is 5.95 Å². The summed E-state index contributed by atoms with van der Waals surface area (Å²) in [6.45, 7) is 7.07. The Bertz CT molecular complexity index is 702. The van der Waals surface area contributed by atoms with Crippen LogP contribution in [-0.2, 0) is 6.42 Å². The van der Waals surface area contributed by atoms with Gasteiger partial charge in [-0.25, -0.2) is 14.4 Å². The lowest BCUT2D eigenvalue weighted by atomic mass is 10.1. The van der Waals surface area contributed by atoms with Crippen LogP contribution in [-0.4, -0.2) is 60.1 Å². The highest BCUT2D eigenvalue weighted by molar-refractivity contribution is 14.0. The standard InChI is InChI=1S/C19H25FN6.HI/c1-2-21-18(24-11-8-16-4-6-17(20)7-5-16)25-12-14-26(15-13-25)19-22-9-3-10-23-19;/h3-7,9-10H,2,8,11-15H2,1H3,(H,21,24);1H. The van der Waals surface area contributed by atoms with Crippen LogP contribution in [0.3, 0.4) is 0 Å². The van der Waals surface area contributed by atoms with Crippen molar-refractivity contribution in [2.75, 3.05) is 44.2 Å². The Morgan fingerprint density at radius 2 is 1.78 bits per heavy atom. The predicted molar refractivity (Wildman–Crippen MR) is 117 cm³/mol. The van der Waals surface area contributed by atoms with Crippen molar-refractivity contribution in [3.63, 3.8) is 0 Å². The first-order chi connectivity index (χ1) is 12.8. The summed E-state index contributed by atoms with van der Waals surface area (Å²) >= 11 is 0. The maximum Gasteiger partial charge on any atom is 0.225 e. The quantitative estimate of drug-likeness (QED) is 0.402. The first kappa shape index (κ1) is 21.3. The molecule has 1 aliphatic heterocycles. The molecule has 3 rings (SSSR count). The molecule has 0 amide bonds. The number of guanidine groups is 1. The highest BCUT2D eigenvalue weighted by Crippen LogP contribution is 2.10. The number of rotatable bonds is 5. The fourth-order valence-corrected chi connectivity index (χ4v) is 2.94. The smallest absolute Gasteiger partial charge is 0.225 e. The van der Waals surface area contributed by atoms with Crippen LogP contribution in [0.15, 0.2) is 47.7 Å². The first-order valence-electron chi connectivity index (χ1n) is 9.06. The van der Waals surface area contributed by atoms with Gasteiger partial charge in [0.1, 0.15) is 5.82 Å². The van der Waals surface area contributed by atoms with Gasteiger partial charge in [-0.15, -0.1) is 24.0 Å². The molecule has 2 heterocycles. The molecule has 8 heteroatoms. The molecule has 0 aliphatic carbocycles. The van der Waals surface area contributed by atoms with Gasteiger partial charge in [-0.3, -0.25) is 4.99 Å². The number of anilines is 1. The van der Waals surface area contributed by atoms with Gasteiger partial charge < -0.3 is 15.1 Å². The monoisotopic (exact) mass is 484 g/mol. The molecule has 0 spiro atoms. The number of hydrogen-bond acceptors (Lipinski definition) is 4. The molecule has 27 heavy (non-hydrogen) atoms. The van der Waals surface area contributed by atoms with Gasteiger partial charge in [0.05, 0.1) is 0 Å². The third-order valence-corrected chi connectivity index (χ3v) is 4.32. The molecule has 0 bridgehead atoms. The van der Waals surface area contributed by atoms with Crippen molar-refractivity contribution >= 4 is 35.9 Å². The molecule has 0 atom stereocenters. The molecule has 6 nitrogen and oxygen atoms in total. The molecule has 1 aromatic carbocycles. The number of aliphatic imine (C=N–C) groups is 1. The summed E-state index contributed by atoms with van der Waals surface area (Å²) in [5.74, 6) is 1.51. The topological polar surface area (TPSA) is 56.7 Å². The van der Waals surface area contributed by atoms with E-state index in [-0.39, 0.29) is 29.8 Å². The van der Waals surface area contributed by atoms with E-state index in [0.29, 0.717) is 6.54 Å². The van der Waals surface area contributed by atoms with Gasteiger partial charge in [0.15, 0.2) is 5.96 Å². The minimum absolute atomic E-state index is 0. The molecular weight excluding hydrogens is 458 g/mol. The van der Waals surface area contributed by atoms with E-state index in [1.165, 1.54) is 12.1 Å². The highest BCUT2D eigenvalue weighted by atomic mass is 127. The van der Waals surface area contributed by atoms with Crippen molar-refractivity contribution in [1.29, 1.82) is 0 Å². The lowest BCUT2D eigenvalue weighted by molar-refractivity contribution is 0.370. The van der Waals surface area contributed by atoms with Gasteiger partial charge in [-0.2, -0.15) is 0 Å². The zero-order chi connectivity index (χ0) is 18.2. The maximum atomic E-state index is 13.0. The number of aromatic nitrogens is 2. The van der Waals surface area contributed by atoms with Crippen LogP contribution in [0.25, 0.3) is 0 Å². The molecular formula is C19H26FIN6. The van der Waals surface area contributed by atoms with Crippen LogP contribution in [0.2, 0.25) is 0 Å². The summed E-state index contributed by atoms with van der Waals surface area (Å²) in [6, 6.07) is 8.45. The Balaban J connectivity index is 0.00000261. The summed E-state index contributed by atoms with van der Waals surface area (Å²) in [7, 11) is 0. The zero-order valence-electron chi connectivity index (χ0n) is 15.5. The first-order valence-corrected chi connectivity index (χ1v) is 9.06. The molecule has 2 aromatic rings. The summed E-state index contributed by atoms with van der Waals surface area (Å²) in [5.41, 5.74) is 1.09. The third kappa shape index (κ3) is 6.30. The molecule has 0 unspecified atom stereocenters. The molecule has 1 saturated heterocycles. The molecule has 1 aliphatic rings. The second-order valence-corrected chi connectivity index (χ2v) is 6.14. The van der Waals surface area contributed by atoms with E-state index in [0.717, 1.165) is 56.6 Å². The number of halogens is 2. The molecule has 0 radical (unpaired) electrons. The summed E-state index contributed by atoms with van der Waals surface area (Å²) < 4.78 is 13.0. The minimum atomic E-state index is -0.203. The van der Waals surface area contributed by atoms with Crippen molar-refractivity contribution in [1.82, 2.24) is 20.2 Å². The number of nitrogens with zero attached hydrogens (tertiary/aromatic N) is 5. The van der Waals surface area contributed by atoms with Crippen LogP contribution in [0.4, 0.5) is 10.3 Å². The Labute approximate surface area is 176 Å². The van der Waals surface area contributed by atoms with E-state index >= 15 is 0 Å². The summed E-state index contributed by atoms with van der Waals surface area (Å²) in [6.07, 6.45) is 4.35. The van der Waals surface area contributed by atoms with Crippen LogP contribution in [0.1, 0.15) is 12.5 Å². The lowest BCUT2D eigenvalue weighted by Crippen LogP contribution is -2.53. The fraction of sp³-hybridized carbons (Fsp3) is 0.421. The number of hydrogen-bond donors (Lipinski definition) is 1. The molecule has 1 aromatic heterocycles. The molecule has 146 valence electrons. The van der Waals surface area contributed by atoms with E-state index in [9.17, 15) is 4.39 Å². The minimum Gasteiger partial charge on any atom is -0.357 e. The normalized spacial score (nSPS) is 14.7. The van der Waals surface area contributed by atoms with E-state index in [1.807, 2.05) is 18.2 Å². The molecule has 1 N–H and O–H groups in total. The van der Waals surface area contributed by atoms with Gasteiger partial charge in [0, 0.05) is 51.7 Å².